The average Bonchev–Trinajstić information content (AvgIpc) is 2.83. The molecule has 1 aromatic rings. The van der Waals surface area contributed by atoms with Crippen molar-refractivity contribution in [3.8, 4) is 0 Å². The van der Waals surface area contributed by atoms with Crippen LogP contribution in [0.4, 0.5) is 11.4 Å². The topological polar surface area (TPSA) is 15.3 Å². The minimum absolute atomic E-state index is 1.09. The fourth-order valence-electron chi connectivity index (χ4n) is 4.56. The Morgan fingerprint density at radius 2 is 1.00 bits per heavy atom. The number of unbranched alkanes of at least 4 members (excludes halogenated alkanes) is 15. The van der Waals surface area contributed by atoms with Gasteiger partial charge >= 0.3 is 0 Å². The first kappa shape index (κ1) is 32.3. The lowest BCUT2D eigenvalue weighted by Crippen LogP contribution is -2.27. The Morgan fingerprint density at radius 1 is 0.559 bits per heavy atom. The van der Waals surface area contributed by atoms with E-state index >= 15 is 0 Å². The van der Waals surface area contributed by atoms with Crippen LogP contribution >= 0.6 is 45.2 Å². The first-order chi connectivity index (χ1) is 16.6. The van der Waals surface area contributed by atoms with Crippen LogP contribution in [0.2, 0.25) is 0 Å². The van der Waals surface area contributed by atoms with Gasteiger partial charge in [-0.3, -0.25) is 0 Å². The third-order valence-electron chi connectivity index (χ3n) is 6.79. The standard InChI is InChI=1S/C30H54I2N2/c1-4-7-10-13-16-19-22-33-29-26-30(28(32)25-27(29)31)34(23-20-17-14-11-8-5-2)24-21-18-15-12-9-6-3/h25-26,33H,4-24H2,1-3H3. The number of anilines is 2. The Bertz CT molecular complexity index is 590. The molecule has 0 amide bonds. The van der Waals surface area contributed by atoms with E-state index in [-0.39, 0.29) is 0 Å². The molecule has 1 aromatic carbocycles. The van der Waals surface area contributed by atoms with E-state index in [2.05, 4.69) is 88.3 Å². The number of hydrogen-bond donors (Lipinski definition) is 1. The summed E-state index contributed by atoms with van der Waals surface area (Å²) in [5, 5.41) is 3.77. The fourth-order valence-corrected chi connectivity index (χ4v) is 6.62. The number of nitrogens with one attached hydrogen (secondary N) is 1. The zero-order chi connectivity index (χ0) is 24.9. The Labute approximate surface area is 240 Å². The van der Waals surface area contributed by atoms with Gasteiger partial charge in [0.15, 0.2) is 0 Å². The van der Waals surface area contributed by atoms with Crippen molar-refractivity contribution in [3.63, 3.8) is 0 Å². The molecule has 0 spiro atoms. The molecule has 0 aliphatic heterocycles. The lowest BCUT2D eigenvalue weighted by Gasteiger charge is -2.27. The van der Waals surface area contributed by atoms with Gasteiger partial charge in [-0.2, -0.15) is 0 Å². The van der Waals surface area contributed by atoms with Gasteiger partial charge in [0.1, 0.15) is 0 Å². The van der Waals surface area contributed by atoms with Crippen molar-refractivity contribution in [1.29, 1.82) is 0 Å². The maximum atomic E-state index is 3.77. The Balaban J connectivity index is 2.67. The maximum absolute atomic E-state index is 3.77. The van der Waals surface area contributed by atoms with Crippen LogP contribution in [0.3, 0.4) is 0 Å². The molecule has 198 valence electrons. The number of rotatable bonds is 23. The molecule has 0 unspecified atom stereocenters. The molecule has 34 heavy (non-hydrogen) atoms. The fraction of sp³-hybridized carbons (Fsp3) is 0.800. The number of nitrogens with zero attached hydrogens (tertiary/aromatic N) is 1. The molecule has 0 fully saturated rings. The smallest absolute Gasteiger partial charge is 0.0523 e. The number of halogens is 2. The quantitative estimate of drug-likeness (QED) is 0.0905. The van der Waals surface area contributed by atoms with Crippen molar-refractivity contribution in [2.75, 3.05) is 29.9 Å². The van der Waals surface area contributed by atoms with Gasteiger partial charge in [-0.25, -0.2) is 0 Å². The van der Waals surface area contributed by atoms with Crippen LogP contribution in [0.15, 0.2) is 12.1 Å². The van der Waals surface area contributed by atoms with Gasteiger partial charge in [-0.15, -0.1) is 0 Å². The molecule has 0 saturated carbocycles. The normalized spacial score (nSPS) is 11.2. The van der Waals surface area contributed by atoms with Gasteiger partial charge in [0.2, 0.25) is 0 Å². The van der Waals surface area contributed by atoms with E-state index in [1.165, 1.54) is 147 Å². The molecule has 0 aliphatic carbocycles. The van der Waals surface area contributed by atoms with E-state index in [1.807, 2.05) is 0 Å². The average molecular weight is 697 g/mol. The van der Waals surface area contributed by atoms with Gasteiger partial charge < -0.3 is 10.2 Å². The summed E-state index contributed by atoms with van der Waals surface area (Å²) in [6.07, 6.45) is 24.6. The molecule has 0 aromatic heterocycles. The van der Waals surface area contributed by atoms with Gasteiger partial charge in [0, 0.05) is 32.5 Å². The van der Waals surface area contributed by atoms with Crippen LogP contribution in [0.25, 0.3) is 0 Å². The zero-order valence-electron chi connectivity index (χ0n) is 22.7. The van der Waals surface area contributed by atoms with Crippen LogP contribution in [0.1, 0.15) is 136 Å². The lowest BCUT2D eigenvalue weighted by atomic mass is 10.1. The van der Waals surface area contributed by atoms with Crippen molar-refractivity contribution < 1.29 is 0 Å². The summed E-state index contributed by atoms with van der Waals surface area (Å²) in [5.74, 6) is 0. The molecule has 0 aliphatic rings. The molecule has 1 rings (SSSR count). The minimum atomic E-state index is 1.09. The molecule has 0 saturated heterocycles. The third-order valence-corrected chi connectivity index (χ3v) is 8.54. The van der Waals surface area contributed by atoms with Gasteiger partial charge in [-0.05, 0) is 76.6 Å². The molecule has 1 N–H and O–H groups in total. The highest BCUT2D eigenvalue weighted by Crippen LogP contribution is 2.31. The Kier molecular flexibility index (Phi) is 21.4. The maximum Gasteiger partial charge on any atom is 0.0523 e. The van der Waals surface area contributed by atoms with Crippen molar-refractivity contribution in [2.24, 2.45) is 0 Å². The van der Waals surface area contributed by atoms with Crippen LogP contribution in [-0.2, 0) is 0 Å². The van der Waals surface area contributed by atoms with Gasteiger partial charge in [0.25, 0.3) is 0 Å². The van der Waals surface area contributed by atoms with Crippen molar-refractivity contribution >= 4 is 56.6 Å². The molecule has 0 heterocycles. The van der Waals surface area contributed by atoms with Crippen LogP contribution < -0.4 is 10.2 Å². The molecule has 0 bridgehead atoms. The third kappa shape index (κ3) is 15.4. The summed E-state index contributed by atoms with van der Waals surface area (Å²) >= 11 is 5.08. The molecule has 4 heteroatoms. The zero-order valence-corrected chi connectivity index (χ0v) is 27.0. The first-order valence-corrected chi connectivity index (χ1v) is 16.8. The van der Waals surface area contributed by atoms with Crippen molar-refractivity contribution in [1.82, 2.24) is 0 Å². The number of benzene rings is 1. The first-order valence-electron chi connectivity index (χ1n) is 14.6. The van der Waals surface area contributed by atoms with Gasteiger partial charge in [0.05, 0.1) is 5.69 Å². The van der Waals surface area contributed by atoms with E-state index in [1.54, 1.807) is 0 Å². The largest absolute Gasteiger partial charge is 0.384 e. The lowest BCUT2D eigenvalue weighted by molar-refractivity contribution is 0.574. The van der Waals surface area contributed by atoms with E-state index in [9.17, 15) is 0 Å². The van der Waals surface area contributed by atoms with Crippen LogP contribution in [0.5, 0.6) is 0 Å². The van der Waals surface area contributed by atoms with E-state index < -0.39 is 0 Å². The SMILES string of the molecule is CCCCCCCCNc1cc(N(CCCCCCCC)CCCCCCCC)c(I)cc1I. The molecule has 0 atom stereocenters. The summed E-state index contributed by atoms with van der Waals surface area (Å²) in [6, 6.07) is 4.84. The van der Waals surface area contributed by atoms with Gasteiger partial charge in [-0.1, -0.05) is 117 Å². The summed E-state index contributed by atoms with van der Waals surface area (Å²) in [7, 11) is 0. The summed E-state index contributed by atoms with van der Waals surface area (Å²) < 4.78 is 2.76. The highest BCUT2D eigenvalue weighted by Gasteiger charge is 2.13. The molecular formula is C30H54I2N2. The molecular weight excluding hydrogens is 642 g/mol. The summed E-state index contributed by atoms with van der Waals surface area (Å²) in [4.78, 5) is 2.70. The van der Waals surface area contributed by atoms with Crippen LogP contribution in [0, 0.1) is 7.14 Å². The van der Waals surface area contributed by atoms with E-state index in [0.29, 0.717) is 0 Å². The summed E-state index contributed by atoms with van der Waals surface area (Å²) in [5.41, 5.74) is 2.79. The second kappa shape index (κ2) is 22.5. The predicted molar refractivity (Wildman–Crippen MR) is 173 cm³/mol. The van der Waals surface area contributed by atoms with Crippen LogP contribution in [-0.4, -0.2) is 19.6 Å². The van der Waals surface area contributed by atoms with Crippen molar-refractivity contribution in [3.05, 3.63) is 19.3 Å². The Morgan fingerprint density at radius 3 is 1.50 bits per heavy atom. The molecule has 2 nitrogen and oxygen atoms in total. The second-order valence-electron chi connectivity index (χ2n) is 10.0. The number of hydrogen-bond acceptors (Lipinski definition) is 2. The highest BCUT2D eigenvalue weighted by atomic mass is 127. The Hall–Kier alpha value is 0.280. The predicted octanol–water partition coefficient (Wildman–Crippen LogP) is 11.2. The second-order valence-corrected chi connectivity index (χ2v) is 12.3. The van der Waals surface area contributed by atoms with E-state index in [4.69, 9.17) is 0 Å². The van der Waals surface area contributed by atoms with Crippen molar-refractivity contribution in [2.45, 2.75) is 136 Å². The highest BCUT2D eigenvalue weighted by molar-refractivity contribution is 14.1. The minimum Gasteiger partial charge on any atom is -0.384 e. The van der Waals surface area contributed by atoms with E-state index in [0.717, 1.165) is 6.54 Å². The summed E-state index contributed by atoms with van der Waals surface area (Å²) in [6.45, 7) is 10.4. The monoisotopic (exact) mass is 696 g/mol. The molecule has 0 radical (unpaired) electrons.